The van der Waals surface area contributed by atoms with Crippen LogP contribution in [-0.4, -0.2) is 62.3 Å². The first kappa shape index (κ1) is 16.5. The molecule has 0 N–H and O–H groups in total. The Bertz CT molecular complexity index is 609. The van der Waals surface area contributed by atoms with Gasteiger partial charge in [-0.05, 0) is 37.4 Å². The predicted molar refractivity (Wildman–Crippen MR) is 85.2 cm³/mol. The Morgan fingerprint density at radius 3 is 2.67 bits per heavy atom. The van der Waals surface area contributed by atoms with E-state index >= 15 is 0 Å². The highest BCUT2D eigenvalue weighted by Gasteiger charge is 2.31. The Balaban J connectivity index is 1.87. The third-order valence-electron chi connectivity index (χ3n) is 3.99. The molecule has 1 aliphatic rings. The van der Waals surface area contributed by atoms with Crippen molar-refractivity contribution in [3.8, 4) is 0 Å². The van der Waals surface area contributed by atoms with E-state index in [1.54, 1.807) is 23.3 Å². The summed E-state index contributed by atoms with van der Waals surface area (Å²) in [6.07, 6.45) is 0.625. The van der Waals surface area contributed by atoms with E-state index in [9.17, 15) is 13.2 Å². The maximum absolute atomic E-state index is 12.2. The molecule has 0 aromatic carbocycles. The molecule has 1 aliphatic heterocycles. The van der Waals surface area contributed by atoms with Gasteiger partial charge in [0.15, 0.2) is 9.84 Å². The number of aryl methyl sites for hydroxylation is 1. The lowest BCUT2D eigenvalue weighted by molar-refractivity contribution is -0.131. The zero-order valence-electron chi connectivity index (χ0n) is 12.7. The summed E-state index contributed by atoms with van der Waals surface area (Å²) in [7, 11) is 0.711. The van der Waals surface area contributed by atoms with E-state index in [0.717, 1.165) is 0 Å². The number of nitrogens with zero attached hydrogens (tertiary/aromatic N) is 2. The van der Waals surface area contributed by atoms with Gasteiger partial charge in [-0.15, -0.1) is 11.3 Å². The molecule has 2 heterocycles. The van der Waals surface area contributed by atoms with Gasteiger partial charge in [0.25, 0.3) is 0 Å². The fourth-order valence-electron chi connectivity index (χ4n) is 2.46. The minimum atomic E-state index is -2.91. The van der Waals surface area contributed by atoms with Crippen LogP contribution in [0, 0.1) is 6.92 Å². The summed E-state index contributed by atoms with van der Waals surface area (Å²) in [6.45, 7) is 2.92. The van der Waals surface area contributed by atoms with Crippen molar-refractivity contribution in [3.63, 3.8) is 0 Å². The Morgan fingerprint density at radius 2 is 2.14 bits per heavy atom. The first-order valence-electron chi connectivity index (χ1n) is 6.96. The minimum absolute atomic E-state index is 0.0228. The summed E-state index contributed by atoms with van der Waals surface area (Å²) in [5, 5.41) is 2.03. The zero-order chi connectivity index (χ0) is 15.6. The van der Waals surface area contributed by atoms with E-state index in [4.69, 9.17) is 0 Å². The molecule has 118 valence electrons. The summed E-state index contributed by atoms with van der Waals surface area (Å²) in [5.41, 5.74) is 1.20. The normalized spacial score (nSPS) is 20.9. The summed E-state index contributed by atoms with van der Waals surface area (Å²) < 4.78 is 23.0. The number of carbonyl (C=O) groups is 1. The standard InChI is InChI=1S/C14H22N2O3S2/c1-11-4-6-20-13(11)8-16(3)14(17)9-15(2)12-5-7-21(18,19)10-12/h4,6,12H,5,7-10H2,1-3H3. The van der Waals surface area contributed by atoms with Crippen molar-refractivity contribution in [1.29, 1.82) is 0 Å². The largest absolute Gasteiger partial charge is 0.339 e. The lowest BCUT2D eigenvalue weighted by Crippen LogP contribution is -2.41. The molecule has 2 rings (SSSR count). The van der Waals surface area contributed by atoms with Crippen molar-refractivity contribution in [2.75, 3.05) is 32.1 Å². The van der Waals surface area contributed by atoms with Gasteiger partial charge in [0.1, 0.15) is 0 Å². The van der Waals surface area contributed by atoms with E-state index in [-0.39, 0.29) is 30.0 Å². The van der Waals surface area contributed by atoms with Crippen LogP contribution < -0.4 is 0 Å². The third kappa shape index (κ3) is 4.28. The molecule has 0 aliphatic carbocycles. The van der Waals surface area contributed by atoms with Gasteiger partial charge in [-0.2, -0.15) is 0 Å². The van der Waals surface area contributed by atoms with Crippen LogP contribution in [0.5, 0.6) is 0 Å². The summed E-state index contributed by atoms with van der Waals surface area (Å²) in [4.78, 5) is 17.0. The maximum Gasteiger partial charge on any atom is 0.236 e. The quantitative estimate of drug-likeness (QED) is 0.812. The van der Waals surface area contributed by atoms with Crippen molar-refractivity contribution in [3.05, 3.63) is 21.9 Å². The van der Waals surface area contributed by atoms with Crippen molar-refractivity contribution in [1.82, 2.24) is 9.80 Å². The second-order valence-electron chi connectivity index (χ2n) is 5.75. The highest BCUT2D eigenvalue weighted by atomic mass is 32.2. The van der Waals surface area contributed by atoms with Gasteiger partial charge in [0, 0.05) is 18.0 Å². The third-order valence-corrected chi connectivity index (χ3v) is 6.75. The topological polar surface area (TPSA) is 57.7 Å². The highest BCUT2D eigenvalue weighted by Crippen LogP contribution is 2.18. The molecular weight excluding hydrogens is 308 g/mol. The average molecular weight is 330 g/mol. The number of thiophene rings is 1. The molecule has 5 nitrogen and oxygen atoms in total. The fraction of sp³-hybridized carbons (Fsp3) is 0.643. The first-order chi connectivity index (χ1) is 9.78. The Labute approximate surface area is 130 Å². The molecule has 0 saturated carbocycles. The van der Waals surface area contributed by atoms with Crippen LogP contribution in [0.4, 0.5) is 0 Å². The van der Waals surface area contributed by atoms with Gasteiger partial charge in [0.2, 0.25) is 5.91 Å². The fourth-order valence-corrected chi connectivity index (χ4v) is 5.22. The Morgan fingerprint density at radius 1 is 1.43 bits per heavy atom. The lowest BCUT2D eigenvalue weighted by atomic mass is 10.2. The second-order valence-corrected chi connectivity index (χ2v) is 8.98. The van der Waals surface area contributed by atoms with E-state index in [0.29, 0.717) is 13.0 Å². The summed E-state index contributed by atoms with van der Waals surface area (Å²) in [6, 6.07) is 2.02. The molecule has 0 bridgehead atoms. The Kier molecular flexibility index (Phi) is 5.06. The van der Waals surface area contributed by atoms with Crippen LogP contribution in [0.25, 0.3) is 0 Å². The van der Waals surface area contributed by atoms with E-state index in [1.807, 2.05) is 30.3 Å². The molecule has 1 unspecified atom stereocenters. The molecule has 1 aromatic rings. The minimum Gasteiger partial charge on any atom is -0.339 e. The van der Waals surface area contributed by atoms with Crippen molar-refractivity contribution in [2.24, 2.45) is 0 Å². The highest BCUT2D eigenvalue weighted by molar-refractivity contribution is 7.91. The van der Waals surface area contributed by atoms with Gasteiger partial charge in [-0.3, -0.25) is 9.69 Å². The monoisotopic (exact) mass is 330 g/mol. The number of sulfone groups is 1. The number of amides is 1. The predicted octanol–water partition coefficient (Wildman–Crippen LogP) is 1.13. The average Bonchev–Trinajstić information content (AvgIpc) is 2.95. The molecule has 1 amide bonds. The molecule has 7 heteroatoms. The number of carbonyl (C=O) groups excluding carboxylic acids is 1. The van der Waals surface area contributed by atoms with Crippen molar-refractivity contribution in [2.45, 2.75) is 25.9 Å². The first-order valence-corrected chi connectivity index (χ1v) is 9.66. The Hall–Kier alpha value is -0.920. The van der Waals surface area contributed by atoms with Crippen LogP contribution in [0.15, 0.2) is 11.4 Å². The van der Waals surface area contributed by atoms with Crippen molar-refractivity contribution < 1.29 is 13.2 Å². The molecule has 1 aromatic heterocycles. The molecule has 1 atom stereocenters. The molecule has 0 spiro atoms. The lowest BCUT2D eigenvalue weighted by Gasteiger charge is -2.25. The van der Waals surface area contributed by atoms with E-state index in [1.165, 1.54) is 10.4 Å². The molecule has 1 fully saturated rings. The van der Waals surface area contributed by atoms with Gasteiger partial charge in [-0.1, -0.05) is 0 Å². The SMILES string of the molecule is Cc1ccsc1CN(C)C(=O)CN(C)C1CCS(=O)(=O)C1. The van der Waals surface area contributed by atoms with Gasteiger partial charge >= 0.3 is 0 Å². The van der Waals surface area contributed by atoms with Crippen LogP contribution in [-0.2, 0) is 21.2 Å². The molecular formula is C14H22N2O3S2. The van der Waals surface area contributed by atoms with Crippen LogP contribution >= 0.6 is 11.3 Å². The number of rotatable bonds is 5. The molecule has 21 heavy (non-hydrogen) atoms. The smallest absolute Gasteiger partial charge is 0.236 e. The van der Waals surface area contributed by atoms with Crippen LogP contribution in [0.2, 0.25) is 0 Å². The zero-order valence-corrected chi connectivity index (χ0v) is 14.3. The van der Waals surface area contributed by atoms with Crippen LogP contribution in [0.3, 0.4) is 0 Å². The van der Waals surface area contributed by atoms with Gasteiger partial charge < -0.3 is 4.90 Å². The maximum atomic E-state index is 12.2. The van der Waals surface area contributed by atoms with Crippen molar-refractivity contribution >= 4 is 27.1 Å². The number of hydrogen-bond donors (Lipinski definition) is 0. The second kappa shape index (κ2) is 6.46. The van der Waals surface area contributed by atoms with Gasteiger partial charge in [0.05, 0.1) is 24.6 Å². The van der Waals surface area contributed by atoms with E-state index < -0.39 is 9.84 Å². The number of hydrogen-bond acceptors (Lipinski definition) is 5. The summed E-state index contributed by atoms with van der Waals surface area (Å²) >= 11 is 1.65. The van der Waals surface area contributed by atoms with Crippen LogP contribution in [0.1, 0.15) is 16.9 Å². The summed E-state index contributed by atoms with van der Waals surface area (Å²) in [5.74, 6) is 0.430. The molecule has 1 saturated heterocycles. The van der Waals surface area contributed by atoms with Gasteiger partial charge in [-0.25, -0.2) is 8.42 Å². The number of likely N-dealkylation sites (N-methyl/N-ethyl adjacent to an activating group) is 2. The molecule has 0 radical (unpaired) electrons. The van der Waals surface area contributed by atoms with E-state index in [2.05, 4.69) is 0 Å².